The van der Waals surface area contributed by atoms with Crippen LogP contribution < -0.4 is 0 Å². The molecule has 3 rings (SSSR count). The van der Waals surface area contributed by atoms with Crippen molar-refractivity contribution in [1.82, 2.24) is 9.97 Å². The summed E-state index contributed by atoms with van der Waals surface area (Å²) in [6.07, 6.45) is 1.65. The van der Waals surface area contributed by atoms with E-state index in [0.29, 0.717) is 11.3 Å². The molecule has 0 unspecified atom stereocenters. The van der Waals surface area contributed by atoms with E-state index in [-0.39, 0.29) is 11.5 Å². The minimum absolute atomic E-state index is 0.146. The van der Waals surface area contributed by atoms with Crippen molar-refractivity contribution in [3.8, 4) is 22.8 Å². The third-order valence-electron chi connectivity index (χ3n) is 2.72. The fraction of sp³-hybridized carbons (Fsp3) is 0. The Balaban J connectivity index is 2.16. The Morgan fingerprint density at radius 3 is 2.39 bits per heavy atom. The van der Waals surface area contributed by atoms with Crippen LogP contribution in [0.15, 0.2) is 48.7 Å². The number of phenolic OH excluding ortho intramolecular Hbond substituents is 2. The molecular weight excluding hydrogens is 228 g/mol. The van der Waals surface area contributed by atoms with E-state index in [1.54, 1.807) is 12.3 Å². The van der Waals surface area contributed by atoms with Crippen molar-refractivity contribution in [3.63, 3.8) is 0 Å². The molecule has 0 radical (unpaired) electrons. The van der Waals surface area contributed by atoms with Crippen molar-refractivity contribution in [2.45, 2.75) is 0 Å². The number of nitrogens with zero attached hydrogens (tertiary/aromatic N) is 2. The van der Waals surface area contributed by atoms with Crippen molar-refractivity contribution >= 4 is 11.0 Å². The topological polar surface area (TPSA) is 66.2 Å². The number of aromatic hydroxyl groups is 2. The summed E-state index contributed by atoms with van der Waals surface area (Å²) in [5.41, 5.74) is 2.99. The van der Waals surface area contributed by atoms with Crippen LogP contribution in [0.2, 0.25) is 0 Å². The predicted octanol–water partition coefficient (Wildman–Crippen LogP) is 2.71. The molecule has 1 aromatic heterocycles. The molecule has 4 nitrogen and oxygen atoms in total. The highest BCUT2D eigenvalue weighted by Crippen LogP contribution is 2.29. The maximum Gasteiger partial charge on any atom is 0.158 e. The Kier molecular flexibility index (Phi) is 2.34. The van der Waals surface area contributed by atoms with Gasteiger partial charge in [0.05, 0.1) is 22.9 Å². The number of para-hydroxylation sites is 2. The first kappa shape index (κ1) is 10.5. The number of benzene rings is 2. The van der Waals surface area contributed by atoms with Crippen LogP contribution >= 0.6 is 0 Å². The zero-order chi connectivity index (χ0) is 12.5. The molecule has 0 spiro atoms. The van der Waals surface area contributed by atoms with Crippen LogP contribution in [0.1, 0.15) is 0 Å². The van der Waals surface area contributed by atoms with E-state index in [4.69, 9.17) is 0 Å². The van der Waals surface area contributed by atoms with Gasteiger partial charge >= 0.3 is 0 Å². The molecule has 0 amide bonds. The quantitative estimate of drug-likeness (QED) is 0.640. The molecule has 0 atom stereocenters. The third-order valence-corrected chi connectivity index (χ3v) is 2.72. The molecule has 2 N–H and O–H groups in total. The zero-order valence-electron chi connectivity index (χ0n) is 9.41. The Bertz CT molecular complexity index is 726. The Morgan fingerprint density at radius 2 is 1.61 bits per heavy atom. The largest absolute Gasteiger partial charge is 0.504 e. The summed E-state index contributed by atoms with van der Waals surface area (Å²) in [5.74, 6) is -0.310. The minimum Gasteiger partial charge on any atom is -0.504 e. The fourth-order valence-corrected chi connectivity index (χ4v) is 1.78. The number of hydrogen-bond acceptors (Lipinski definition) is 4. The van der Waals surface area contributed by atoms with Crippen molar-refractivity contribution in [2.75, 3.05) is 0 Å². The van der Waals surface area contributed by atoms with E-state index in [0.717, 1.165) is 11.0 Å². The lowest BCUT2D eigenvalue weighted by atomic mass is 10.1. The summed E-state index contributed by atoms with van der Waals surface area (Å²) >= 11 is 0. The summed E-state index contributed by atoms with van der Waals surface area (Å²) in [4.78, 5) is 8.76. The number of fused-ring (bicyclic) bond motifs is 1. The maximum absolute atomic E-state index is 9.48. The van der Waals surface area contributed by atoms with Gasteiger partial charge in [0.15, 0.2) is 11.5 Å². The standard InChI is InChI=1S/C14H10N2O2/c17-13-6-5-9(7-14(13)18)12-8-15-10-3-1-2-4-11(10)16-12/h1-8,17-18H. The smallest absolute Gasteiger partial charge is 0.158 e. The minimum atomic E-state index is -0.164. The molecule has 0 aliphatic rings. The van der Waals surface area contributed by atoms with Crippen LogP contribution in [0.25, 0.3) is 22.3 Å². The molecule has 0 aliphatic heterocycles. The lowest BCUT2D eigenvalue weighted by Crippen LogP contribution is -1.88. The molecule has 1 heterocycles. The SMILES string of the molecule is Oc1ccc(-c2cnc3ccccc3n2)cc1O. The molecule has 0 saturated heterocycles. The highest BCUT2D eigenvalue weighted by atomic mass is 16.3. The van der Waals surface area contributed by atoms with Crippen LogP contribution in [0.3, 0.4) is 0 Å². The fourth-order valence-electron chi connectivity index (χ4n) is 1.78. The second kappa shape index (κ2) is 4.00. The number of hydrogen-bond donors (Lipinski definition) is 2. The second-order valence-corrected chi connectivity index (χ2v) is 3.95. The van der Waals surface area contributed by atoms with E-state index < -0.39 is 0 Å². The lowest BCUT2D eigenvalue weighted by molar-refractivity contribution is 0.404. The molecule has 4 heteroatoms. The van der Waals surface area contributed by atoms with Crippen molar-refractivity contribution in [2.24, 2.45) is 0 Å². The monoisotopic (exact) mass is 238 g/mol. The number of rotatable bonds is 1. The first-order valence-electron chi connectivity index (χ1n) is 5.48. The zero-order valence-corrected chi connectivity index (χ0v) is 9.41. The van der Waals surface area contributed by atoms with Gasteiger partial charge in [-0.2, -0.15) is 0 Å². The van der Waals surface area contributed by atoms with Crippen LogP contribution in [0.4, 0.5) is 0 Å². The normalized spacial score (nSPS) is 10.7. The van der Waals surface area contributed by atoms with Crippen LogP contribution in [-0.4, -0.2) is 20.2 Å². The van der Waals surface area contributed by atoms with Gasteiger partial charge in [-0.05, 0) is 30.3 Å². The molecule has 88 valence electrons. The molecule has 0 saturated carbocycles. The Labute approximate surface area is 103 Å². The van der Waals surface area contributed by atoms with Crippen LogP contribution in [-0.2, 0) is 0 Å². The van der Waals surface area contributed by atoms with Gasteiger partial charge in [0, 0.05) is 5.56 Å². The summed E-state index contributed by atoms with van der Waals surface area (Å²) in [6.45, 7) is 0. The van der Waals surface area contributed by atoms with Crippen LogP contribution in [0, 0.1) is 0 Å². The number of phenols is 2. The molecular formula is C14H10N2O2. The average molecular weight is 238 g/mol. The summed E-state index contributed by atoms with van der Waals surface area (Å²) < 4.78 is 0. The van der Waals surface area contributed by atoms with Gasteiger partial charge < -0.3 is 10.2 Å². The summed E-state index contributed by atoms with van der Waals surface area (Å²) in [7, 11) is 0. The van der Waals surface area contributed by atoms with Crippen molar-refractivity contribution in [3.05, 3.63) is 48.7 Å². The van der Waals surface area contributed by atoms with Crippen molar-refractivity contribution < 1.29 is 10.2 Å². The molecule has 0 aliphatic carbocycles. The van der Waals surface area contributed by atoms with E-state index in [9.17, 15) is 10.2 Å². The first-order valence-corrected chi connectivity index (χ1v) is 5.48. The molecule has 0 fully saturated rings. The van der Waals surface area contributed by atoms with Gasteiger partial charge in [-0.25, -0.2) is 4.98 Å². The Hall–Kier alpha value is -2.62. The predicted molar refractivity (Wildman–Crippen MR) is 68.3 cm³/mol. The lowest BCUT2D eigenvalue weighted by Gasteiger charge is -2.04. The molecule has 0 bridgehead atoms. The maximum atomic E-state index is 9.48. The Morgan fingerprint density at radius 1 is 0.833 bits per heavy atom. The summed E-state index contributed by atoms with van der Waals surface area (Å²) in [5, 5.41) is 18.8. The van der Waals surface area contributed by atoms with Gasteiger partial charge in [0.25, 0.3) is 0 Å². The molecule has 2 aromatic carbocycles. The van der Waals surface area contributed by atoms with E-state index in [1.807, 2.05) is 24.3 Å². The highest BCUT2D eigenvalue weighted by molar-refractivity contribution is 5.77. The van der Waals surface area contributed by atoms with Gasteiger partial charge in [-0.15, -0.1) is 0 Å². The third kappa shape index (κ3) is 1.73. The molecule has 18 heavy (non-hydrogen) atoms. The van der Waals surface area contributed by atoms with Gasteiger partial charge in [-0.1, -0.05) is 12.1 Å². The summed E-state index contributed by atoms with van der Waals surface area (Å²) in [6, 6.07) is 12.2. The highest BCUT2D eigenvalue weighted by Gasteiger charge is 2.05. The van der Waals surface area contributed by atoms with Gasteiger partial charge in [0.1, 0.15) is 0 Å². The average Bonchev–Trinajstić information content (AvgIpc) is 2.41. The first-order chi connectivity index (χ1) is 8.74. The van der Waals surface area contributed by atoms with Gasteiger partial charge in [0.2, 0.25) is 0 Å². The van der Waals surface area contributed by atoms with Crippen LogP contribution in [0.5, 0.6) is 11.5 Å². The van der Waals surface area contributed by atoms with E-state index in [2.05, 4.69) is 9.97 Å². The molecule has 3 aromatic rings. The second-order valence-electron chi connectivity index (χ2n) is 3.95. The van der Waals surface area contributed by atoms with Crippen molar-refractivity contribution in [1.29, 1.82) is 0 Å². The van der Waals surface area contributed by atoms with Gasteiger partial charge in [-0.3, -0.25) is 4.98 Å². The van der Waals surface area contributed by atoms with E-state index >= 15 is 0 Å². The number of aromatic nitrogens is 2. The van der Waals surface area contributed by atoms with E-state index in [1.165, 1.54) is 12.1 Å².